The van der Waals surface area contributed by atoms with Gasteiger partial charge in [0.25, 0.3) is 0 Å². The van der Waals surface area contributed by atoms with E-state index in [0.717, 1.165) is 5.56 Å². The van der Waals surface area contributed by atoms with Crippen LogP contribution in [0, 0.1) is 11.8 Å². The SMILES string of the molecule is COc1ccc(N(C)S(C)(=O)=O)cc1CC1C(CCO)CN(N)C1C(c1ccccc1)c1ccccc1. The molecule has 0 radical (unpaired) electrons. The standard InChI is InChI=1S/C29H37N3O4S/c1-31(37(3,34)35)25-14-15-27(36-2)24(18-25)19-26-23(16-17-33)20-32(30)29(26)28(21-10-6-4-7-11-21)22-12-8-5-9-13-22/h4-15,18,23,26,28-29,33H,16-17,19-20,30H2,1-3H3. The fourth-order valence-electron chi connectivity index (χ4n) is 5.72. The van der Waals surface area contributed by atoms with E-state index in [1.165, 1.54) is 21.7 Å². The van der Waals surface area contributed by atoms with Gasteiger partial charge in [0.1, 0.15) is 5.75 Å². The summed E-state index contributed by atoms with van der Waals surface area (Å²) in [7, 11) is -0.234. The summed E-state index contributed by atoms with van der Waals surface area (Å²) in [4.78, 5) is 0. The summed E-state index contributed by atoms with van der Waals surface area (Å²) in [5.41, 5.74) is 3.87. The van der Waals surface area contributed by atoms with Crippen LogP contribution in [0.15, 0.2) is 78.9 Å². The number of nitrogens with two attached hydrogens (primary N) is 1. The third-order valence-electron chi connectivity index (χ3n) is 7.61. The second-order valence-corrected chi connectivity index (χ2v) is 11.9. The molecule has 37 heavy (non-hydrogen) atoms. The first-order chi connectivity index (χ1) is 17.7. The number of methoxy groups -OCH3 is 1. The summed E-state index contributed by atoms with van der Waals surface area (Å²) in [5.74, 6) is 7.74. The molecule has 3 aromatic carbocycles. The molecule has 1 heterocycles. The van der Waals surface area contributed by atoms with Crippen LogP contribution in [0.25, 0.3) is 0 Å². The number of anilines is 1. The molecule has 3 atom stereocenters. The molecule has 0 amide bonds. The van der Waals surface area contributed by atoms with Gasteiger partial charge in [0.15, 0.2) is 0 Å². The van der Waals surface area contributed by atoms with Crippen molar-refractivity contribution in [1.82, 2.24) is 5.01 Å². The summed E-state index contributed by atoms with van der Waals surface area (Å²) in [6, 6.07) is 26.2. The molecule has 4 rings (SSSR count). The van der Waals surface area contributed by atoms with E-state index >= 15 is 0 Å². The Morgan fingerprint density at radius 3 is 2.16 bits per heavy atom. The minimum atomic E-state index is -3.41. The monoisotopic (exact) mass is 523 g/mol. The summed E-state index contributed by atoms with van der Waals surface area (Å²) >= 11 is 0. The Kier molecular flexibility index (Phi) is 8.54. The van der Waals surface area contributed by atoms with Crippen molar-refractivity contribution in [2.45, 2.75) is 24.8 Å². The van der Waals surface area contributed by atoms with E-state index in [0.29, 0.717) is 30.8 Å². The number of rotatable bonds is 10. The van der Waals surface area contributed by atoms with E-state index in [4.69, 9.17) is 10.6 Å². The van der Waals surface area contributed by atoms with Gasteiger partial charge >= 0.3 is 0 Å². The van der Waals surface area contributed by atoms with Crippen molar-refractivity contribution in [1.29, 1.82) is 0 Å². The number of aliphatic hydroxyl groups is 1. The third kappa shape index (κ3) is 5.99. The van der Waals surface area contributed by atoms with Crippen molar-refractivity contribution in [3.63, 3.8) is 0 Å². The molecule has 3 unspecified atom stereocenters. The Balaban J connectivity index is 1.80. The molecule has 0 saturated carbocycles. The number of aliphatic hydroxyl groups excluding tert-OH is 1. The van der Waals surface area contributed by atoms with Crippen LogP contribution in [-0.4, -0.2) is 58.1 Å². The lowest BCUT2D eigenvalue weighted by atomic mass is 9.74. The first-order valence-corrected chi connectivity index (χ1v) is 14.4. The lowest BCUT2D eigenvalue weighted by Crippen LogP contribution is -2.43. The highest BCUT2D eigenvalue weighted by molar-refractivity contribution is 7.92. The Morgan fingerprint density at radius 1 is 1.05 bits per heavy atom. The van der Waals surface area contributed by atoms with Crippen LogP contribution in [0.4, 0.5) is 5.69 Å². The van der Waals surface area contributed by atoms with Crippen LogP contribution < -0.4 is 14.9 Å². The molecule has 0 aliphatic carbocycles. The largest absolute Gasteiger partial charge is 0.496 e. The number of nitrogens with zero attached hydrogens (tertiary/aromatic N) is 2. The second kappa shape index (κ2) is 11.6. The maximum Gasteiger partial charge on any atom is 0.231 e. The Labute approximate surface area is 220 Å². The molecule has 3 N–H and O–H groups in total. The smallest absolute Gasteiger partial charge is 0.231 e. The zero-order valence-electron chi connectivity index (χ0n) is 21.7. The van der Waals surface area contributed by atoms with Crippen LogP contribution >= 0.6 is 0 Å². The maximum absolute atomic E-state index is 12.2. The number of ether oxygens (including phenoxy) is 1. The molecule has 8 heteroatoms. The van der Waals surface area contributed by atoms with Crippen molar-refractivity contribution in [2.24, 2.45) is 17.7 Å². The molecular formula is C29H37N3O4S. The van der Waals surface area contributed by atoms with E-state index in [1.54, 1.807) is 20.2 Å². The minimum absolute atomic E-state index is 0.0222. The van der Waals surface area contributed by atoms with E-state index in [1.807, 2.05) is 29.3 Å². The van der Waals surface area contributed by atoms with Crippen LogP contribution in [0.2, 0.25) is 0 Å². The highest BCUT2D eigenvalue weighted by Crippen LogP contribution is 2.44. The number of hydrogen-bond acceptors (Lipinski definition) is 6. The quantitative estimate of drug-likeness (QED) is 0.394. The van der Waals surface area contributed by atoms with Crippen molar-refractivity contribution < 1.29 is 18.3 Å². The van der Waals surface area contributed by atoms with Gasteiger partial charge < -0.3 is 9.84 Å². The minimum Gasteiger partial charge on any atom is -0.496 e. The van der Waals surface area contributed by atoms with Gasteiger partial charge in [-0.2, -0.15) is 0 Å². The molecule has 1 aliphatic rings. The molecule has 1 saturated heterocycles. The maximum atomic E-state index is 12.2. The first-order valence-electron chi connectivity index (χ1n) is 12.6. The summed E-state index contributed by atoms with van der Waals surface area (Å²) < 4.78 is 31.4. The zero-order chi connectivity index (χ0) is 26.6. The Bertz CT molecular complexity index is 1230. The normalized spacial score (nSPS) is 20.3. The van der Waals surface area contributed by atoms with Gasteiger partial charge in [0.2, 0.25) is 10.0 Å². The van der Waals surface area contributed by atoms with E-state index in [9.17, 15) is 13.5 Å². The Hall–Kier alpha value is -2.91. The van der Waals surface area contributed by atoms with Crippen molar-refractivity contribution in [3.8, 4) is 5.75 Å². The van der Waals surface area contributed by atoms with Gasteiger partial charge in [-0.3, -0.25) is 10.1 Å². The van der Waals surface area contributed by atoms with Crippen LogP contribution in [0.5, 0.6) is 5.75 Å². The van der Waals surface area contributed by atoms with E-state index < -0.39 is 10.0 Å². The molecule has 1 aliphatic heterocycles. The number of sulfonamides is 1. The second-order valence-electron chi connectivity index (χ2n) is 9.85. The molecule has 1 fully saturated rings. The lowest BCUT2D eigenvalue weighted by molar-refractivity contribution is 0.206. The van der Waals surface area contributed by atoms with Gasteiger partial charge in [-0.15, -0.1) is 0 Å². The number of hydrazine groups is 1. The van der Waals surface area contributed by atoms with E-state index in [-0.39, 0.29) is 30.4 Å². The molecular weight excluding hydrogens is 486 g/mol. The summed E-state index contributed by atoms with van der Waals surface area (Å²) in [6.45, 7) is 0.744. The summed E-state index contributed by atoms with van der Waals surface area (Å²) in [6.07, 6.45) is 2.46. The highest BCUT2D eigenvalue weighted by atomic mass is 32.2. The van der Waals surface area contributed by atoms with E-state index in [2.05, 4.69) is 48.5 Å². The zero-order valence-corrected chi connectivity index (χ0v) is 22.5. The molecule has 0 bridgehead atoms. The summed E-state index contributed by atoms with van der Waals surface area (Å²) in [5, 5.41) is 11.8. The lowest BCUT2D eigenvalue weighted by Gasteiger charge is -2.35. The fourth-order valence-corrected chi connectivity index (χ4v) is 6.22. The third-order valence-corrected chi connectivity index (χ3v) is 8.82. The number of hydrogen-bond donors (Lipinski definition) is 2. The van der Waals surface area contributed by atoms with Crippen LogP contribution in [-0.2, 0) is 16.4 Å². The molecule has 0 spiro atoms. The molecule has 0 aromatic heterocycles. The van der Waals surface area contributed by atoms with Crippen molar-refractivity contribution >= 4 is 15.7 Å². The van der Waals surface area contributed by atoms with Gasteiger partial charge in [-0.05, 0) is 59.6 Å². The average molecular weight is 524 g/mol. The Morgan fingerprint density at radius 2 is 1.65 bits per heavy atom. The van der Waals surface area contributed by atoms with Gasteiger partial charge in [-0.25, -0.2) is 13.4 Å². The fraction of sp³-hybridized carbons (Fsp3) is 0.379. The molecule has 198 valence electrons. The predicted molar refractivity (Wildman–Crippen MR) is 148 cm³/mol. The highest BCUT2D eigenvalue weighted by Gasteiger charge is 2.45. The topological polar surface area (TPSA) is 96.1 Å². The van der Waals surface area contributed by atoms with Crippen molar-refractivity contribution in [2.75, 3.05) is 37.9 Å². The van der Waals surface area contributed by atoms with Gasteiger partial charge in [0, 0.05) is 32.2 Å². The van der Waals surface area contributed by atoms with Crippen molar-refractivity contribution in [3.05, 3.63) is 95.6 Å². The first kappa shape index (κ1) is 27.1. The predicted octanol–water partition coefficient (Wildman–Crippen LogP) is 3.64. The van der Waals surface area contributed by atoms with Gasteiger partial charge in [0.05, 0.1) is 19.1 Å². The van der Waals surface area contributed by atoms with Crippen LogP contribution in [0.1, 0.15) is 29.0 Å². The molecule has 7 nitrogen and oxygen atoms in total. The number of benzene rings is 3. The molecule has 3 aromatic rings. The average Bonchev–Trinajstić information content (AvgIpc) is 3.19. The van der Waals surface area contributed by atoms with Gasteiger partial charge in [-0.1, -0.05) is 60.7 Å². The van der Waals surface area contributed by atoms with Crippen LogP contribution in [0.3, 0.4) is 0 Å².